The maximum absolute atomic E-state index is 14.0. The third-order valence-electron chi connectivity index (χ3n) is 4.20. The lowest BCUT2D eigenvalue weighted by Crippen LogP contribution is -2.17. The van der Waals surface area contributed by atoms with Crippen molar-refractivity contribution >= 4 is 27.5 Å². The molecule has 1 aromatic carbocycles. The largest absolute Gasteiger partial charge is 0.474 e. The molecule has 1 amide bonds. The molecule has 1 aliphatic rings. The number of nitrogens with zero attached hydrogens (tertiary/aromatic N) is 1. The van der Waals surface area contributed by atoms with E-state index in [0.29, 0.717) is 22.6 Å². The minimum atomic E-state index is -0.818. The van der Waals surface area contributed by atoms with Gasteiger partial charge in [0.1, 0.15) is 11.9 Å². The van der Waals surface area contributed by atoms with E-state index < -0.39 is 11.7 Å². The molecule has 1 heterocycles. The third-order valence-corrected chi connectivity index (χ3v) is 4.66. The van der Waals surface area contributed by atoms with E-state index in [9.17, 15) is 9.18 Å². The van der Waals surface area contributed by atoms with E-state index in [2.05, 4.69) is 26.2 Å². The first-order valence-corrected chi connectivity index (χ1v) is 8.97. The quantitative estimate of drug-likeness (QED) is 0.757. The van der Waals surface area contributed by atoms with Gasteiger partial charge in [-0.1, -0.05) is 22.0 Å². The molecule has 1 aliphatic carbocycles. The average molecular weight is 408 g/mol. The second-order valence-corrected chi connectivity index (χ2v) is 6.94. The number of hydrogen-bond donors (Lipinski definition) is 2. The number of aromatic nitrogens is 1. The molecule has 3 rings (SSSR count). The van der Waals surface area contributed by atoms with Crippen molar-refractivity contribution in [2.45, 2.75) is 38.3 Å². The van der Waals surface area contributed by atoms with Crippen molar-refractivity contribution in [1.29, 1.82) is 0 Å². The lowest BCUT2D eigenvalue weighted by molar-refractivity contribution is 0.0997. The number of primary amides is 1. The van der Waals surface area contributed by atoms with Crippen LogP contribution in [0.4, 0.5) is 10.1 Å². The molecule has 0 atom stereocenters. The number of pyridine rings is 1. The van der Waals surface area contributed by atoms with Gasteiger partial charge in [-0.15, -0.1) is 0 Å². The first-order valence-electron chi connectivity index (χ1n) is 8.18. The van der Waals surface area contributed by atoms with Gasteiger partial charge in [0.25, 0.3) is 5.91 Å². The summed E-state index contributed by atoms with van der Waals surface area (Å²) in [6, 6.07) is 6.54. The zero-order chi connectivity index (χ0) is 17.8. The number of nitrogens with one attached hydrogen (secondary N) is 1. The van der Waals surface area contributed by atoms with Crippen LogP contribution < -0.4 is 15.8 Å². The number of ether oxygens (including phenoxy) is 1. The van der Waals surface area contributed by atoms with E-state index in [1.165, 1.54) is 18.9 Å². The number of rotatable bonds is 6. The number of carbonyl (C=O) groups is 1. The van der Waals surface area contributed by atoms with E-state index in [-0.39, 0.29) is 11.7 Å². The Balaban J connectivity index is 1.79. The van der Waals surface area contributed by atoms with E-state index in [1.54, 1.807) is 12.3 Å². The molecule has 1 aromatic heterocycles. The van der Waals surface area contributed by atoms with Crippen LogP contribution in [-0.2, 0) is 6.54 Å². The van der Waals surface area contributed by atoms with Gasteiger partial charge in [0.2, 0.25) is 5.88 Å². The molecule has 5 nitrogen and oxygen atoms in total. The summed E-state index contributed by atoms with van der Waals surface area (Å²) in [5.74, 6) is -0.919. The smallest absolute Gasteiger partial charge is 0.253 e. The van der Waals surface area contributed by atoms with Crippen molar-refractivity contribution < 1.29 is 13.9 Å². The summed E-state index contributed by atoms with van der Waals surface area (Å²) >= 11 is 3.23. The summed E-state index contributed by atoms with van der Waals surface area (Å²) in [4.78, 5) is 15.9. The highest BCUT2D eigenvalue weighted by atomic mass is 79.9. The minimum absolute atomic E-state index is 0.162. The zero-order valence-corrected chi connectivity index (χ0v) is 15.2. The molecule has 1 fully saturated rings. The number of nitrogens with two attached hydrogens (primary N) is 1. The SMILES string of the molecule is NC(=O)c1c(F)cc(Br)cc1NCc1cccnc1OC1CCCC1. The van der Waals surface area contributed by atoms with Crippen molar-refractivity contribution in [3.63, 3.8) is 0 Å². The van der Waals surface area contributed by atoms with E-state index in [0.717, 1.165) is 18.4 Å². The number of anilines is 1. The topological polar surface area (TPSA) is 77.2 Å². The first-order chi connectivity index (χ1) is 12.0. The summed E-state index contributed by atoms with van der Waals surface area (Å²) in [6.45, 7) is 0.339. The highest BCUT2D eigenvalue weighted by Gasteiger charge is 2.19. The zero-order valence-electron chi connectivity index (χ0n) is 13.6. The van der Waals surface area contributed by atoms with E-state index in [4.69, 9.17) is 10.5 Å². The van der Waals surface area contributed by atoms with Gasteiger partial charge in [-0.05, 0) is 43.9 Å². The predicted molar refractivity (Wildman–Crippen MR) is 97.1 cm³/mol. The van der Waals surface area contributed by atoms with Gasteiger partial charge < -0.3 is 15.8 Å². The predicted octanol–water partition coefficient (Wildman–Crippen LogP) is 4.02. The van der Waals surface area contributed by atoms with Crippen LogP contribution in [0.2, 0.25) is 0 Å². The molecular weight excluding hydrogens is 389 g/mol. The third kappa shape index (κ3) is 4.28. The number of hydrogen-bond acceptors (Lipinski definition) is 4. The van der Waals surface area contributed by atoms with Crippen LogP contribution in [0.3, 0.4) is 0 Å². The molecule has 25 heavy (non-hydrogen) atoms. The van der Waals surface area contributed by atoms with Crippen molar-refractivity contribution in [2.24, 2.45) is 5.73 Å². The number of amides is 1. The highest BCUT2D eigenvalue weighted by molar-refractivity contribution is 9.10. The van der Waals surface area contributed by atoms with Gasteiger partial charge >= 0.3 is 0 Å². The molecule has 132 valence electrons. The van der Waals surface area contributed by atoms with Crippen molar-refractivity contribution in [3.05, 3.63) is 51.9 Å². The van der Waals surface area contributed by atoms with Crippen molar-refractivity contribution in [2.75, 3.05) is 5.32 Å². The molecule has 7 heteroatoms. The molecule has 0 aliphatic heterocycles. The Morgan fingerprint density at radius 2 is 2.16 bits per heavy atom. The van der Waals surface area contributed by atoms with Crippen LogP contribution in [-0.4, -0.2) is 17.0 Å². The number of benzene rings is 1. The molecule has 0 bridgehead atoms. The molecular formula is C18H19BrFN3O2. The molecule has 2 aromatic rings. The van der Waals surface area contributed by atoms with Gasteiger partial charge in [-0.3, -0.25) is 4.79 Å². The molecule has 0 radical (unpaired) electrons. The number of carbonyl (C=O) groups excluding carboxylic acids is 1. The fourth-order valence-corrected chi connectivity index (χ4v) is 3.41. The summed E-state index contributed by atoms with van der Waals surface area (Å²) in [6.07, 6.45) is 6.28. The highest BCUT2D eigenvalue weighted by Crippen LogP contribution is 2.28. The lowest BCUT2D eigenvalue weighted by Gasteiger charge is -2.16. The second-order valence-electron chi connectivity index (χ2n) is 6.02. The Morgan fingerprint density at radius 1 is 1.40 bits per heavy atom. The Labute approximate surface area is 153 Å². The monoisotopic (exact) mass is 407 g/mol. The van der Waals surface area contributed by atoms with Crippen LogP contribution in [0.5, 0.6) is 5.88 Å². The minimum Gasteiger partial charge on any atom is -0.474 e. The Bertz CT molecular complexity index is 779. The van der Waals surface area contributed by atoms with Gasteiger partial charge in [0.05, 0.1) is 11.3 Å². The van der Waals surface area contributed by atoms with Gasteiger partial charge in [-0.25, -0.2) is 9.37 Å². The normalized spacial score (nSPS) is 14.5. The summed E-state index contributed by atoms with van der Waals surface area (Å²) in [7, 11) is 0. The molecule has 3 N–H and O–H groups in total. The molecule has 0 spiro atoms. The Morgan fingerprint density at radius 3 is 2.88 bits per heavy atom. The second kappa shape index (κ2) is 7.82. The standard InChI is InChI=1S/C18H19BrFN3O2/c19-12-8-14(20)16(17(21)24)15(9-12)23-10-11-4-3-7-22-18(11)25-13-5-1-2-6-13/h3-4,7-9,13,23H,1-2,5-6,10H2,(H2,21,24). The number of halogens is 2. The first kappa shape index (κ1) is 17.7. The van der Waals surface area contributed by atoms with E-state index in [1.807, 2.05) is 12.1 Å². The van der Waals surface area contributed by atoms with Gasteiger partial charge in [0, 0.05) is 22.8 Å². The fraction of sp³-hybridized carbons (Fsp3) is 0.333. The van der Waals surface area contributed by atoms with Crippen LogP contribution in [0.15, 0.2) is 34.9 Å². The maximum atomic E-state index is 14.0. The van der Waals surface area contributed by atoms with Gasteiger partial charge in [0.15, 0.2) is 0 Å². The molecule has 1 saturated carbocycles. The molecule has 0 unspecified atom stereocenters. The van der Waals surface area contributed by atoms with Crippen LogP contribution in [0, 0.1) is 5.82 Å². The summed E-state index contributed by atoms with van der Waals surface area (Å²) < 4.78 is 20.5. The maximum Gasteiger partial charge on any atom is 0.253 e. The average Bonchev–Trinajstić information content (AvgIpc) is 3.06. The van der Waals surface area contributed by atoms with Crippen molar-refractivity contribution in [1.82, 2.24) is 4.98 Å². The molecule has 0 saturated heterocycles. The Kier molecular flexibility index (Phi) is 5.53. The van der Waals surface area contributed by atoms with Crippen LogP contribution >= 0.6 is 15.9 Å². The van der Waals surface area contributed by atoms with Crippen LogP contribution in [0.25, 0.3) is 0 Å². The van der Waals surface area contributed by atoms with Gasteiger partial charge in [-0.2, -0.15) is 0 Å². The summed E-state index contributed by atoms with van der Waals surface area (Å²) in [5, 5.41) is 3.07. The van der Waals surface area contributed by atoms with Crippen LogP contribution in [0.1, 0.15) is 41.6 Å². The Hall–Kier alpha value is -2.15. The lowest BCUT2D eigenvalue weighted by atomic mass is 10.1. The van der Waals surface area contributed by atoms with Crippen molar-refractivity contribution in [3.8, 4) is 5.88 Å². The fourth-order valence-electron chi connectivity index (χ4n) is 2.98. The summed E-state index contributed by atoms with van der Waals surface area (Å²) in [5.41, 5.74) is 6.31. The van der Waals surface area contributed by atoms with E-state index >= 15 is 0 Å².